The van der Waals surface area contributed by atoms with Crippen molar-refractivity contribution in [2.24, 2.45) is 0 Å². The quantitative estimate of drug-likeness (QED) is 0.676. The molecule has 1 aliphatic rings. The third-order valence-corrected chi connectivity index (χ3v) is 5.41. The molecule has 2 aromatic carbocycles. The number of esters is 1. The molecule has 0 aromatic heterocycles. The molecule has 1 N–H and O–H groups in total. The lowest BCUT2D eigenvalue weighted by Gasteiger charge is -2.19. The Bertz CT molecular complexity index is 897. The number of nitrogens with one attached hydrogen (secondary N) is 1. The first-order chi connectivity index (χ1) is 14.5. The molecule has 1 fully saturated rings. The summed E-state index contributed by atoms with van der Waals surface area (Å²) < 4.78 is 5.36. The van der Waals surface area contributed by atoms with Crippen LogP contribution >= 0.6 is 0 Å². The van der Waals surface area contributed by atoms with Gasteiger partial charge in [0.1, 0.15) is 0 Å². The number of rotatable bonds is 8. The molecule has 3 rings (SSSR count). The minimum Gasteiger partial charge on any atom is -0.449 e. The average Bonchev–Trinajstić information content (AvgIpc) is 3.20. The van der Waals surface area contributed by atoms with Crippen LogP contribution in [0.2, 0.25) is 0 Å². The zero-order valence-electron chi connectivity index (χ0n) is 17.5. The second-order valence-corrected chi connectivity index (χ2v) is 7.51. The molecule has 158 valence electrons. The third kappa shape index (κ3) is 5.26. The molecule has 6 nitrogen and oxygen atoms in total. The Labute approximate surface area is 177 Å². The standard InChI is InChI=1S/C24H28N2O4/c1-3-18(19-9-5-4-6-10-19)16-25-23(28)17(2)30-24(29)20-11-7-12-21(15-20)26-14-8-13-22(26)27/h4-7,9-12,15,17-18H,3,8,13-14,16H2,1-2H3,(H,25,28)/t17-,18+/m1/s1. The SMILES string of the molecule is CC[C@@H](CNC(=O)[C@@H](C)OC(=O)c1cccc(N2CCCC2=O)c1)c1ccccc1. The van der Waals surface area contributed by atoms with Crippen LogP contribution in [0.4, 0.5) is 5.69 Å². The van der Waals surface area contributed by atoms with Crippen LogP contribution in [0.25, 0.3) is 0 Å². The number of anilines is 1. The van der Waals surface area contributed by atoms with Crippen molar-refractivity contribution in [3.63, 3.8) is 0 Å². The molecule has 2 amide bonds. The highest BCUT2D eigenvalue weighted by Crippen LogP contribution is 2.23. The van der Waals surface area contributed by atoms with Crippen LogP contribution in [0.5, 0.6) is 0 Å². The summed E-state index contributed by atoms with van der Waals surface area (Å²) in [6.07, 6.45) is 1.31. The van der Waals surface area contributed by atoms with Crippen molar-refractivity contribution in [2.75, 3.05) is 18.0 Å². The highest BCUT2D eigenvalue weighted by molar-refractivity contribution is 5.98. The van der Waals surface area contributed by atoms with Crippen molar-refractivity contribution in [1.29, 1.82) is 0 Å². The summed E-state index contributed by atoms with van der Waals surface area (Å²) in [5.74, 6) is -0.658. The first kappa shape index (κ1) is 21.6. The zero-order valence-corrected chi connectivity index (χ0v) is 17.5. The number of amides is 2. The van der Waals surface area contributed by atoms with Crippen molar-refractivity contribution in [3.8, 4) is 0 Å². The van der Waals surface area contributed by atoms with Crippen molar-refractivity contribution >= 4 is 23.5 Å². The molecule has 2 atom stereocenters. The zero-order chi connectivity index (χ0) is 21.5. The molecule has 1 saturated heterocycles. The third-order valence-electron chi connectivity index (χ3n) is 5.41. The minimum absolute atomic E-state index is 0.0529. The lowest BCUT2D eigenvalue weighted by Crippen LogP contribution is -2.38. The van der Waals surface area contributed by atoms with Crippen molar-refractivity contribution in [3.05, 3.63) is 65.7 Å². The molecule has 0 aliphatic carbocycles. The number of benzene rings is 2. The van der Waals surface area contributed by atoms with Crippen LogP contribution in [0.3, 0.4) is 0 Å². The smallest absolute Gasteiger partial charge is 0.338 e. The van der Waals surface area contributed by atoms with Gasteiger partial charge in [0.15, 0.2) is 6.10 Å². The highest BCUT2D eigenvalue weighted by Gasteiger charge is 2.24. The van der Waals surface area contributed by atoms with Gasteiger partial charge in [-0.3, -0.25) is 9.59 Å². The second kappa shape index (κ2) is 10.1. The van der Waals surface area contributed by atoms with Gasteiger partial charge in [-0.15, -0.1) is 0 Å². The molecule has 1 heterocycles. The van der Waals surface area contributed by atoms with Crippen molar-refractivity contribution in [1.82, 2.24) is 5.32 Å². The van der Waals surface area contributed by atoms with Gasteiger partial charge in [-0.2, -0.15) is 0 Å². The number of ether oxygens (including phenoxy) is 1. The Balaban J connectivity index is 1.56. The molecule has 30 heavy (non-hydrogen) atoms. The monoisotopic (exact) mass is 408 g/mol. The Morgan fingerprint density at radius 2 is 1.90 bits per heavy atom. The topological polar surface area (TPSA) is 75.7 Å². The van der Waals surface area contributed by atoms with E-state index in [9.17, 15) is 14.4 Å². The van der Waals surface area contributed by atoms with Crippen LogP contribution in [0, 0.1) is 0 Å². The maximum absolute atomic E-state index is 12.5. The average molecular weight is 408 g/mol. The van der Waals surface area contributed by atoms with E-state index in [1.165, 1.54) is 5.56 Å². The van der Waals surface area contributed by atoms with Crippen LogP contribution in [-0.2, 0) is 14.3 Å². The second-order valence-electron chi connectivity index (χ2n) is 7.51. The van der Waals surface area contributed by atoms with Gasteiger partial charge in [-0.05, 0) is 43.5 Å². The fraction of sp³-hybridized carbons (Fsp3) is 0.375. The van der Waals surface area contributed by atoms with Crippen molar-refractivity contribution < 1.29 is 19.1 Å². The lowest BCUT2D eigenvalue weighted by molar-refractivity contribution is -0.129. The fourth-order valence-electron chi connectivity index (χ4n) is 3.59. The number of hydrogen-bond acceptors (Lipinski definition) is 4. The number of nitrogens with zero attached hydrogens (tertiary/aromatic N) is 1. The summed E-state index contributed by atoms with van der Waals surface area (Å²) in [4.78, 5) is 38.6. The van der Waals surface area contributed by atoms with E-state index in [1.54, 1.807) is 36.1 Å². The summed E-state index contributed by atoms with van der Waals surface area (Å²) in [5.41, 5.74) is 2.17. The van der Waals surface area contributed by atoms with Crippen LogP contribution in [0.1, 0.15) is 54.9 Å². The van der Waals surface area contributed by atoms with Gasteiger partial charge in [0.25, 0.3) is 5.91 Å². The van der Waals surface area contributed by atoms with Gasteiger partial charge >= 0.3 is 5.97 Å². The normalized spacial score (nSPS) is 15.5. The molecule has 0 unspecified atom stereocenters. The van der Waals surface area contributed by atoms with E-state index in [0.717, 1.165) is 12.8 Å². The van der Waals surface area contributed by atoms with Crippen molar-refractivity contribution in [2.45, 2.75) is 45.1 Å². The molecule has 1 aliphatic heterocycles. The molecular weight excluding hydrogens is 380 g/mol. The summed E-state index contributed by atoms with van der Waals surface area (Å²) in [5, 5.41) is 2.88. The maximum atomic E-state index is 12.5. The Morgan fingerprint density at radius 1 is 1.13 bits per heavy atom. The fourth-order valence-corrected chi connectivity index (χ4v) is 3.59. The van der Waals surface area contributed by atoms with Gasteiger partial charge in [0.05, 0.1) is 5.56 Å². The summed E-state index contributed by atoms with van der Waals surface area (Å²) in [6, 6.07) is 16.8. The van der Waals surface area contributed by atoms with E-state index in [-0.39, 0.29) is 17.7 Å². The van der Waals surface area contributed by atoms with Gasteiger partial charge in [-0.1, -0.05) is 43.3 Å². The highest BCUT2D eigenvalue weighted by atomic mass is 16.5. The summed E-state index contributed by atoms with van der Waals surface area (Å²) in [7, 11) is 0. The maximum Gasteiger partial charge on any atom is 0.338 e. The molecule has 6 heteroatoms. The first-order valence-electron chi connectivity index (χ1n) is 10.4. The predicted molar refractivity (Wildman–Crippen MR) is 115 cm³/mol. The Kier molecular flexibility index (Phi) is 7.22. The largest absolute Gasteiger partial charge is 0.449 e. The molecular formula is C24H28N2O4. The van der Waals surface area contributed by atoms with Crippen LogP contribution < -0.4 is 10.2 Å². The Hall–Kier alpha value is -3.15. The van der Waals surface area contributed by atoms with Crippen LogP contribution in [0.15, 0.2) is 54.6 Å². The molecule has 0 saturated carbocycles. The van der Waals surface area contributed by atoms with Crippen LogP contribution in [-0.4, -0.2) is 37.0 Å². The van der Waals surface area contributed by atoms with Gasteiger partial charge in [-0.25, -0.2) is 4.79 Å². The summed E-state index contributed by atoms with van der Waals surface area (Å²) in [6.45, 7) is 4.76. The van der Waals surface area contributed by atoms with Gasteiger partial charge in [0, 0.05) is 31.1 Å². The molecule has 0 bridgehead atoms. The number of carbonyl (C=O) groups excluding carboxylic acids is 3. The molecule has 0 spiro atoms. The number of carbonyl (C=O) groups is 3. The summed E-state index contributed by atoms with van der Waals surface area (Å²) >= 11 is 0. The van der Waals surface area contributed by atoms with E-state index in [2.05, 4.69) is 12.2 Å². The number of hydrogen-bond donors (Lipinski definition) is 1. The predicted octanol–water partition coefficient (Wildman–Crippen LogP) is 3.67. The molecule has 2 aromatic rings. The lowest BCUT2D eigenvalue weighted by atomic mass is 9.96. The van der Waals surface area contributed by atoms with E-state index >= 15 is 0 Å². The molecule has 0 radical (unpaired) electrons. The van der Waals surface area contributed by atoms with Gasteiger partial charge < -0.3 is 15.0 Å². The van der Waals surface area contributed by atoms with Gasteiger partial charge in [0.2, 0.25) is 5.91 Å². The van der Waals surface area contributed by atoms with E-state index in [4.69, 9.17) is 4.74 Å². The Morgan fingerprint density at radius 3 is 2.57 bits per heavy atom. The van der Waals surface area contributed by atoms with E-state index < -0.39 is 12.1 Å². The first-order valence-corrected chi connectivity index (χ1v) is 10.4. The van der Waals surface area contributed by atoms with E-state index in [0.29, 0.717) is 30.8 Å². The minimum atomic E-state index is -0.914. The van der Waals surface area contributed by atoms with E-state index in [1.807, 2.05) is 30.3 Å².